The monoisotopic (exact) mass is 322 g/mol. The maximum Gasteiger partial charge on any atom is 0.223 e. The van der Waals surface area contributed by atoms with E-state index in [2.05, 4.69) is 10.6 Å². The van der Waals surface area contributed by atoms with Crippen molar-refractivity contribution in [3.8, 4) is 0 Å². The first-order valence-electron chi connectivity index (χ1n) is 7.97. The molecule has 3 rings (SSSR count). The topological polar surface area (TPSA) is 50.4 Å². The van der Waals surface area contributed by atoms with Crippen LogP contribution < -0.4 is 10.6 Å². The van der Waals surface area contributed by atoms with Crippen LogP contribution in [-0.2, 0) is 15.1 Å². The molecular weight excluding hydrogens is 300 g/mol. The summed E-state index contributed by atoms with van der Waals surface area (Å²) in [6.45, 7) is 5.23. The molecule has 2 N–H and O–H groups in total. The summed E-state index contributed by atoms with van der Waals surface area (Å²) in [6.07, 6.45) is 1.60. The molecule has 1 atom stereocenters. The molecule has 2 fully saturated rings. The first kappa shape index (κ1) is 15.8. The highest BCUT2D eigenvalue weighted by Crippen LogP contribution is 2.33. The Kier molecular flexibility index (Phi) is 4.71. The normalized spacial score (nSPS) is 22.6. The highest BCUT2D eigenvalue weighted by molar-refractivity contribution is 6.30. The van der Waals surface area contributed by atoms with E-state index in [0.717, 1.165) is 31.5 Å². The molecule has 2 heterocycles. The van der Waals surface area contributed by atoms with Crippen LogP contribution in [0.15, 0.2) is 24.3 Å². The molecule has 22 heavy (non-hydrogen) atoms. The molecule has 0 saturated carbocycles. The summed E-state index contributed by atoms with van der Waals surface area (Å²) < 4.78 is 5.50. The number of amides is 1. The minimum atomic E-state index is -0.328. The summed E-state index contributed by atoms with van der Waals surface area (Å²) in [5, 5.41) is 7.27. The Morgan fingerprint density at radius 3 is 2.50 bits per heavy atom. The second-order valence-electron chi connectivity index (χ2n) is 6.40. The molecule has 120 valence electrons. The molecule has 0 radical (unpaired) electrons. The SMILES string of the molecule is CC(C(=O)NC1(c2ccc(Cl)cc2)CCOCC1)C1CNC1. The van der Waals surface area contributed by atoms with Crippen molar-refractivity contribution < 1.29 is 9.53 Å². The molecular formula is C17H23ClN2O2. The Hall–Kier alpha value is -1.10. The first-order chi connectivity index (χ1) is 10.6. The average Bonchev–Trinajstić information content (AvgIpc) is 2.47. The van der Waals surface area contributed by atoms with Crippen molar-refractivity contribution in [3.63, 3.8) is 0 Å². The average molecular weight is 323 g/mol. The maximum atomic E-state index is 12.7. The van der Waals surface area contributed by atoms with E-state index in [1.807, 2.05) is 31.2 Å². The summed E-state index contributed by atoms with van der Waals surface area (Å²) in [5.41, 5.74) is 0.790. The zero-order valence-electron chi connectivity index (χ0n) is 12.9. The van der Waals surface area contributed by atoms with Crippen LogP contribution in [0.4, 0.5) is 0 Å². The van der Waals surface area contributed by atoms with E-state index in [4.69, 9.17) is 16.3 Å². The van der Waals surface area contributed by atoms with E-state index in [-0.39, 0.29) is 17.4 Å². The molecule has 1 aromatic rings. The fraction of sp³-hybridized carbons (Fsp3) is 0.588. The Morgan fingerprint density at radius 2 is 1.95 bits per heavy atom. The minimum Gasteiger partial charge on any atom is -0.381 e. The molecule has 0 bridgehead atoms. The molecule has 5 heteroatoms. The van der Waals surface area contributed by atoms with Crippen molar-refractivity contribution in [1.29, 1.82) is 0 Å². The Labute approximate surface area is 136 Å². The van der Waals surface area contributed by atoms with Crippen LogP contribution in [0.3, 0.4) is 0 Å². The van der Waals surface area contributed by atoms with Gasteiger partial charge in [-0.25, -0.2) is 0 Å². The Bertz CT molecular complexity index is 522. The summed E-state index contributed by atoms with van der Waals surface area (Å²) >= 11 is 6.00. The Balaban J connectivity index is 1.79. The minimum absolute atomic E-state index is 0.0354. The predicted octanol–water partition coefficient (Wildman–Crippen LogP) is 2.32. The fourth-order valence-corrected chi connectivity index (χ4v) is 3.33. The van der Waals surface area contributed by atoms with Crippen molar-refractivity contribution in [2.45, 2.75) is 25.3 Å². The zero-order valence-corrected chi connectivity index (χ0v) is 13.7. The molecule has 2 aliphatic heterocycles. The number of hydrogen-bond donors (Lipinski definition) is 2. The van der Waals surface area contributed by atoms with Gasteiger partial charge < -0.3 is 15.4 Å². The van der Waals surface area contributed by atoms with Crippen molar-refractivity contribution in [3.05, 3.63) is 34.9 Å². The zero-order chi connectivity index (χ0) is 15.6. The van der Waals surface area contributed by atoms with E-state index < -0.39 is 0 Å². The van der Waals surface area contributed by atoms with Crippen molar-refractivity contribution in [1.82, 2.24) is 10.6 Å². The van der Waals surface area contributed by atoms with Crippen molar-refractivity contribution >= 4 is 17.5 Å². The summed E-state index contributed by atoms with van der Waals surface area (Å²) in [6, 6.07) is 7.81. The van der Waals surface area contributed by atoms with E-state index in [9.17, 15) is 4.79 Å². The van der Waals surface area contributed by atoms with Gasteiger partial charge in [-0.15, -0.1) is 0 Å². The summed E-state index contributed by atoms with van der Waals surface area (Å²) in [4.78, 5) is 12.7. The quantitative estimate of drug-likeness (QED) is 0.894. The number of rotatable bonds is 4. The summed E-state index contributed by atoms with van der Waals surface area (Å²) in [7, 11) is 0. The number of carbonyl (C=O) groups excluding carboxylic acids is 1. The third-order valence-corrected chi connectivity index (χ3v) is 5.29. The van der Waals surface area contributed by atoms with Gasteiger partial charge in [0.1, 0.15) is 0 Å². The van der Waals surface area contributed by atoms with Gasteiger partial charge in [-0.3, -0.25) is 4.79 Å². The second-order valence-corrected chi connectivity index (χ2v) is 6.83. The number of carbonyl (C=O) groups is 1. The number of halogens is 1. The van der Waals surface area contributed by atoms with Crippen molar-refractivity contribution in [2.24, 2.45) is 11.8 Å². The lowest BCUT2D eigenvalue weighted by Gasteiger charge is -2.41. The maximum absolute atomic E-state index is 12.7. The van der Waals surface area contributed by atoms with Gasteiger partial charge in [0.15, 0.2) is 0 Å². The molecule has 2 saturated heterocycles. The van der Waals surface area contributed by atoms with Gasteiger partial charge in [0.2, 0.25) is 5.91 Å². The smallest absolute Gasteiger partial charge is 0.223 e. The number of ether oxygens (including phenoxy) is 1. The molecule has 2 aliphatic rings. The molecule has 0 aliphatic carbocycles. The van der Waals surface area contributed by atoms with E-state index in [0.29, 0.717) is 24.2 Å². The molecule has 1 aromatic carbocycles. The van der Waals surface area contributed by atoms with E-state index in [1.165, 1.54) is 0 Å². The van der Waals surface area contributed by atoms with Crippen LogP contribution in [0.5, 0.6) is 0 Å². The van der Waals surface area contributed by atoms with Gasteiger partial charge in [0.05, 0.1) is 5.54 Å². The van der Waals surface area contributed by atoms with Gasteiger partial charge in [-0.1, -0.05) is 30.7 Å². The van der Waals surface area contributed by atoms with Gasteiger partial charge in [0.25, 0.3) is 0 Å². The summed E-state index contributed by atoms with van der Waals surface area (Å²) in [5.74, 6) is 0.624. The fourth-order valence-electron chi connectivity index (χ4n) is 3.20. The molecule has 1 amide bonds. The van der Waals surface area contributed by atoms with E-state index in [1.54, 1.807) is 0 Å². The lowest BCUT2D eigenvalue weighted by molar-refractivity contribution is -0.130. The third-order valence-electron chi connectivity index (χ3n) is 5.04. The van der Waals surface area contributed by atoms with Gasteiger partial charge in [0, 0.05) is 24.2 Å². The van der Waals surface area contributed by atoms with Gasteiger partial charge in [-0.2, -0.15) is 0 Å². The number of hydrogen-bond acceptors (Lipinski definition) is 3. The number of nitrogens with one attached hydrogen (secondary N) is 2. The van der Waals surface area contributed by atoms with Gasteiger partial charge >= 0.3 is 0 Å². The van der Waals surface area contributed by atoms with E-state index >= 15 is 0 Å². The van der Waals surface area contributed by atoms with Crippen molar-refractivity contribution in [2.75, 3.05) is 26.3 Å². The molecule has 0 aromatic heterocycles. The predicted molar refractivity (Wildman–Crippen MR) is 86.8 cm³/mol. The second kappa shape index (κ2) is 6.57. The highest BCUT2D eigenvalue weighted by atomic mass is 35.5. The largest absolute Gasteiger partial charge is 0.381 e. The van der Waals surface area contributed by atoms with Crippen LogP contribution >= 0.6 is 11.6 Å². The lowest BCUT2D eigenvalue weighted by atomic mass is 9.81. The highest BCUT2D eigenvalue weighted by Gasteiger charge is 2.38. The third kappa shape index (κ3) is 3.14. The first-order valence-corrected chi connectivity index (χ1v) is 8.35. The molecule has 0 spiro atoms. The number of benzene rings is 1. The molecule has 4 nitrogen and oxygen atoms in total. The standard InChI is InChI=1S/C17H23ClN2O2/c1-12(13-10-19-11-13)16(21)20-17(6-8-22-9-7-17)14-2-4-15(18)5-3-14/h2-5,12-13,19H,6-11H2,1H3,(H,20,21). The molecule has 1 unspecified atom stereocenters. The van der Waals surface area contributed by atoms with Gasteiger partial charge in [-0.05, 0) is 49.5 Å². The van der Waals surface area contributed by atoms with Crippen LogP contribution in [0.25, 0.3) is 0 Å². The van der Waals surface area contributed by atoms with Crippen LogP contribution in [0.1, 0.15) is 25.3 Å². The van der Waals surface area contributed by atoms with Crippen LogP contribution in [0.2, 0.25) is 5.02 Å². The van der Waals surface area contributed by atoms with Crippen LogP contribution in [0, 0.1) is 11.8 Å². The Morgan fingerprint density at radius 1 is 1.32 bits per heavy atom. The van der Waals surface area contributed by atoms with Crippen LogP contribution in [-0.4, -0.2) is 32.2 Å². The lowest BCUT2D eigenvalue weighted by Crippen LogP contribution is -2.55.